The summed E-state index contributed by atoms with van der Waals surface area (Å²) in [6, 6.07) is 5.31. The molecule has 0 bridgehead atoms. The van der Waals surface area contributed by atoms with Crippen LogP contribution in [0.15, 0.2) is 23.3 Å². The van der Waals surface area contributed by atoms with Gasteiger partial charge < -0.3 is 14.6 Å². The summed E-state index contributed by atoms with van der Waals surface area (Å²) in [6.45, 7) is -0.00713. The largest absolute Gasteiger partial charge is 0.493 e. The third-order valence-electron chi connectivity index (χ3n) is 2.37. The van der Waals surface area contributed by atoms with Gasteiger partial charge in [-0.3, -0.25) is 4.79 Å². The van der Waals surface area contributed by atoms with Crippen molar-refractivity contribution in [2.24, 2.45) is 5.10 Å². The van der Waals surface area contributed by atoms with Crippen molar-refractivity contribution in [1.29, 1.82) is 0 Å². The van der Waals surface area contributed by atoms with Crippen LogP contribution in [0, 0.1) is 0 Å². The minimum Gasteiger partial charge on any atom is -0.493 e. The van der Waals surface area contributed by atoms with E-state index in [1.165, 1.54) is 6.21 Å². The first-order valence-corrected chi connectivity index (χ1v) is 5.86. The van der Waals surface area contributed by atoms with E-state index in [1.807, 2.05) is 0 Å². The summed E-state index contributed by atoms with van der Waals surface area (Å²) < 4.78 is 10.3. The minimum atomic E-state index is -0.231. The topological polar surface area (TPSA) is 80.2 Å². The summed E-state index contributed by atoms with van der Waals surface area (Å²) >= 11 is 0. The number of aliphatic hydroxyl groups excluding tert-OH is 1. The number of aliphatic hydroxyl groups is 1. The Morgan fingerprint density at radius 2 is 2.11 bits per heavy atom. The van der Waals surface area contributed by atoms with Crippen LogP contribution in [-0.4, -0.2) is 38.1 Å². The highest BCUT2D eigenvalue weighted by Crippen LogP contribution is 2.26. The number of carbonyl (C=O) groups excluding carboxylic acids is 1. The molecule has 0 heterocycles. The molecule has 1 aromatic rings. The zero-order valence-corrected chi connectivity index (χ0v) is 11.0. The van der Waals surface area contributed by atoms with Gasteiger partial charge in [0, 0.05) is 13.0 Å². The molecule has 0 aliphatic heterocycles. The van der Waals surface area contributed by atoms with Crippen LogP contribution >= 0.6 is 0 Å². The van der Waals surface area contributed by atoms with E-state index in [4.69, 9.17) is 14.6 Å². The van der Waals surface area contributed by atoms with E-state index in [-0.39, 0.29) is 18.9 Å². The van der Waals surface area contributed by atoms with Crippen LogP contribution in [0.1, 0.15) is 18.4 Å². The smallest absolute Gasteiger partial charge is 0.240 e. The average molecular weight is 266 g/mol. The minimum absolute atomic E-state index is 0.00713. The number of nitrogens with zero attached hydrogens (tertiary/aromatic N) is 1. The number of ether oxygens (including phenoxy) is 2. The van der Waals surface area contributed by atoms with Gasteiger partial charge in [0.2, 0.25) is 5.91 Å². The van der Waals surface area contributed by atoms with E-state index >= 15 is 0 Å². The van der Waals surface area contributed by atoms with Gasteiger partial charge in [-0.15, -0.1) is 0 Å². The van der Waals surface area contributed by atoms with Gasteiger partial charge in [-0.2, -0.15) is 5.10 Å². The second kappa shape index (κ2) is 8.10. The first-order valence-electron chi connectivity index (χ1n) is 5.86. The van der Waals surface area contributed by atoms with E-state index in [2.05, 4.69) is 10.5 Å². The molecular weight excluding hydrogens is 248 g/mol. The Labute approximate surface area is 112 Å². The summed E-state index contributed by atoms with van der Waals surface area (Å²) in [5, 5.41) is 12.4. The standard InChI is InChI=1S/C13H18N2O4/c1-18-11-6-5-10(8-12(11)19-2)9-14-15-13(17)4-3-7-16/h5-6,8-9,16H,3-4,7H2,1-2H3,(H,15,17). The Kier molecular flexibility index (Phi) is 6.38. The van der Waals surface area contributed by atoms with E-state index in [1.54, 1.807) is 32.4 Å². The number of nitrogens with one attached hydrogen (secondary N) is 1. The van der Waals surface area contributed by atoms with E-state index in [9.17, 15) is 4.79 Å². The summed E-state index contributed by atoms with van der Waals surface area (Å²) in [4.78, 5) is 11.2. The van der Waals surface area contributed by atoms with Gasteiger partial charge in [0.1, 0.15) is 0 Å². The number of hydrazone groups is 1. The lowest BCUT2D eigenvalue weighted by molar-refractivity contribution is -0.121. The predicted molar refractivity (Wildman–Crippen MR) is 71.6 cm³/mol. The molecule has 0 aliphatic carbocycles. The molecule has 1 rings (SSSR count). The fourth-order valence-corrected chi connectivity index (χ4v) is 1.41. The monoisotopic (exact) mass is 266 g/mol. The highest BCUT2D eigenvalue weighted by molar-refractivity contribution is 5.83. The molecule has 0 aliphatic rings. The summed E-state index contributed by atoms with van der Waals surface area (Å²) in [5.41, 5.74) is 3.16. The maximum atomic E-state index is 11.2. The Hall–Kier alpha value is -2.08. The zero-order chi connectivity index (χ0) is 14.1. The SMILES string of the molecule is COc1ccc(C=NNC(=O)CCCO)cc1OC. The molecule has 0 unspecified atom stereocenters. The second-order valence-corrected chi connectivity index (χ2v) is 3.73. The highest BCUT2D eigenvalue weighted by atomic mass is 16.5. The first kappa shape index (κ1) is 15.0. The number of carbonyl (C=O) groups is 1. The molecule has 104 valence electrons. The Balaban J connectivity index is 2.59. The molecule has 19 heavy (non-hydrogen) atoms. The van der Waals surface area contributed by atoms with E-state index < -0.39 is 0 Å². The lowest BCUT2D eigenvalue weighted by Crippen LogP contribution is -2.17. The fraction of sp³-hybridized carbons (Fsp3) is 0.385. The van der Waals surface area contributed by atoms with Crippen LogP contribution < -0.4 is 14.9 Å². The number of rotatable bonds is 7. The molecule has 0 atom stereocenters. The molecular formula is C13H18N2O4. The average Bonchev–Trinajstić information content (AvgIpc) is 2.44. The van der Waals surface area contributed by atoms with Crippen molar-refractivity contribution in [1.82, 2.24) is 5.43 Å². The van der Waals surface area contributed by atoms with Crippen LogP contribution in [0.2, 0.25) is 0 Å². The molecule has 1 aromatic carbocycles. The second-order valence-electron chi connectivity index (χ2n) is 3.73. The molecule has 0 radical (unpaired) electrons. The van der Waals surface area contributed by atoms with E-state index in [0.717, 1.165) is 5.56 Å². The van der Waals surface area contributed by atoms with Crippen molar-refractivity contribution in [2.75, 3.05) is 20.8 Å². The third-order valence-corrected chi connectivity index (χ3v) is 2.37. The van der Waals surface area contributed by atoms with Gasteiger partial charge in [0.15, 0.2) is 11.5 Å². The van der Waals surface area contributed by atoms with Gasteiger partial charge in [-0.1, -0.05) is 0 Å². The van der Waals surface area contributed by atoms with Gasteiger partial charge >= 0.3 is 0 Å². The number of methoxy groups -OCH3 is 2. The normalized spacial score (nSPS) is 10.5. The van der Waals surface area contributed by atoms with E-state index in [0.29, 0.717) is 17.9 Å². The van der Waals surface area contributed by atoms with Crippen molar-refractivity contribution < 1.29 is 19.4 Å². The number of amides is 1. The van der Waals surface area contributed by atoms with Gasteiger partial charge in [-0.05, 0) is 30.2 Å². The molecule has 6 nitrogen and oxygen atoms in total. The van der Waals surface area contributed by atoms with Crippen LogP contribution in [0.3, 0.4) is 0 Å². The molecule has 0 saturated heterocycles. The third kappa shape index (κ3) is 4.97. The summed E-state index contributed by atoms with van der Waals surface area (Å²) in [7, 11) is 3.11. The Bertz CT molecular complexity index is 446. The van der Waals surface area contributed by atoms with Crippen molar-refractivity contribution in [3.05, 3.63) is 23.8 Å². The lowest BCUT2D eigenvalue weighted by atomic mass is 10.2. The van der Waals surface area contributed by atoms with Crippen LogP contribution in [0.4, 0.5) is 0 Å². The fourth-order valence-electron chi connectivity index (χ4n) is 1.41. The van der Waals surface area contributed by atoms with Gasteiger partial charge in [0.25, 0.3) is 0 Å². The molecule has 0 spiro atoms. The lowest BCUT2D eigenvalue weighted by Gasteiger charge is -2.07. The Morgan fingerprint density at radius 3 is 2.74 bits per heavy atom. The zero-order valence-electron chi connectivity index (χ0n) is 11.0. The van der Waals surface area contributed by atoms with Crippen LogP contribution in [-0.2, 0) is 4.79 Å². The van der Waals surface area contributed by atoms with Crippen LogP contribution in [0.25, 0.3) is 0 Å². The summed E-state index contributed by atoms with van der Waals surface area (Å²) in [6.07, 6.45) is 2.19. The molecule has 2 N–H and O–H groups in total. The Morgan fingerprint density at radius 1 is 1.37 bits per heavy atom. The van der Waals surface area contributed by atoms with Gasteiger partial charge in [-0.25, -0.2) is 5.43 Å². The van der Waals surface area contributed by atoms with Crippen molar-refractivity contribution >= 4 is 12.1 Å². The van der Waals surface area contributed by atoms with Crippen molar-refractivity contribution in [3.8, 4) is 11.5 Å². The number of benzene rings is 1. The molecule has 1 amide bonds. The maximum absolute atomic E-state index is 11.2. The quantitative estimate of drug-likeness (QED) is 0.568. The molecule has 0 saturated carbocycles. The van der Waals surface area contributed by atoms with Gasteiger partial charge in [0.05, 0.1) is 20.4 Å². The maximum Gasteiger partial charge on any atom is 0.240 e. The van der Waals surface area contributed by atoms with Crippen molar-refractivity contribution in [3.63, 3.8) is 0 Å². The number of hydrogen-bond acceptors (Lipinski definition) is 5. The van der Waals surface area contributed by atoms with Crippen LogP contribution in [0.5, 0.6) is 11.5 Å². The molecule has 0 fully saturated rings. The molecule has 0 aromatic heterocycles. The highest BCUT2D eigenvalue weighted by Gasteiger charge is 2.03. The predicted octanol–water partition coefficient (Wildman–Crippen LogP) is 0.926. The first-order chi connectivity index (χ1) is 9.21. The summed E-state index contributed by atoms with van der Waals surface area (Å²) in [5.74, 6) is 0.996. The van der Waals surface area contributed by atoms with Crippen molar-refractivity contribution in [2.45, 2.75) is 12.8 Å². The molecule has 6 heteroatoms. The number of hydrogen-bond donors (Lipinski definition) is 2.